The van der Waals surface area contributed by atoms with Gasteiger partial charge in [0.25, 0.3) is 0 Å². The van der Waals surface area contributed by atoms with Gasteiger partial charge in [0.05, 0.1) is 6.10 Å². The highest BCUT2D eigenvalue weighted by Gasteiger charge is 2.42. The summed E-state index contributed by atoms with van der Waals surface area (Å²) in [6.45, 7) is 0.666. The molecule has 1 heterocycles. The van der Waals surface area contributed by atoms with Gasteiger partial charge < -0.3 is 25.8 Å². The summed E-state index contributed by atoms with van der Waals surface area (Å²) < 4.78 is 38.7. The molecule has 0 atom stereocenters. The van der Waals surface area contributed by atoms with Gasteiger partial charge >= 0.3 is 24.1 Å². The van der Waals surface area contributed by atoms with Crippen LogP contribution in [-0.2, 0) is 14.3 Å². The Labute approximate surface area is 153 Å². The summed E-state index contributed by atoms with van der Waals surface area (Å²) in [6.07, 6.45) is -4.09. The van der Waals surface area contributed by atoms with E-state index in [4.69, 9.17) is 10.8 Å². The molecule has 27 heavy (non-hydrogen) atoms. The molecular formula is C16H20F3N3O5. The van der Waals surface area contributed by atoms with Crippen LogP contribution in [0.25, 0.3) is 0 Å². The molecule has 2 amide bonds. The average Bonchev–Trinajstić information content (AvgIpc) is 2.61. The Morgan fingerprint density at radius 1 is 1.19 bits per heavy atom. The number of urea groups is 1. The van der Waals surface area contributed by atoms with E-state index < -0.39 is 24.7 Å². The summed E-state index contributed by atoms with van der Waals surface area (Å²) in [5.41, 5.74) is 5.55. The quantitative estimate of drug-likeness (QED) is 0.527. The minimum Gasteiger partial charge on any atom is -0.393 e. The summed E-state index contributed by atoms with van der Waals surface area (Å²) in [5, 5.41) is 11.5. The fraction of sp³-hybridized carbons (Fsp3) is 0.438. The summed E-state index contributed by atoms with van der Waals surface area (Å²) >= 11 is 0. The molecule has 11 heteroatoms. The second-order valence-electron chi connectivity index (χ2n) is 5.54. The molecule has 1 saturated heterocycles. The van der Waals surface area contributed by atoms with Gasteiger partial charge in [0, 0.05) is 18.8 Å². The molecule has 1 aliphatic heterocycles. The number of hydrogen-bond donors (Lipinski definition) is 3. The second kappa shape index (κ2) is 10.4. The van der Waals surface area contributed by atoms with E-state index in [1.54, 1.807) is 35.2 Å². The third-order valence-electron chi connectivity index (χ3n) is 3.42. The first-order valence-corrected chi connectivity index (χ1v) is 7.92. The maximum Gasteiger partial charge on any atom is 0.491 e. The summed E-state index contributed by atoms with van der Waals surface area (Å²) in [5.74, 6) is -3.81. The number of benzene rings is 1. The van der Waals surface area contributed by atoms with Crippen molar-refractivity contribution in [3.63, 3.8) is 0 Å². The van der Waals surface area contributed by atoms with Crippen LogP contribution in [-0.4, -0.2) is 59.9 Å². The first-order chi connectivity index (χ1) is 12.6. The largest absolute Gasteiger partial charge is 0.491 e. The van der Waals surface area contributed by atoms with Crippen molar-refractivity contribution in [3.05, 3.63) is 30.3 Å². The number of nitrogens with one attached hydrogen (secondary N) is 1. The molecule has 1 aliphatic rings. The number of anilines is 1. The lowest BCUT2D eigenvalue weighted by Crippen LogP contribution is -2.42. The summed E-state index contributed by atoms with van der Waals surface area (Å²) in [6, 6.07) is 7.92. The van der Waals surface area contributed by atoms with Crippen LogP contribution in [0.3, 0.4) is 0 Å². The number of rotatable bonds is 3. The second-order valence-corrected chi connectivity index (χ2v) is 5.54. The van der Waals surface area contributed by atoms with E-state index in [0.29, 0.717) is 31.6 Å². The van der Waals surface area contributed by atoms with Gasteiger partial charge in [-0.1, -0.05) is 18.2 Å². The van der Waals surface area contributed by atoms with Gasteiger partial charge in [0.1, 0.15) is 6.54 Å². The number of nitrogens with two attached hydrogens (primary N) is 1. The van der Waals surface area contributed by atoms with Crippen molar-refractivity contribution in [3.8, 4) is 0 Å². The van der Waals surface area contributed by atoms with Crippen LogP contribution in [0.15, 0.2) is 30.3 Å². The number of nitrogens with zero attached hydrogens (tertiary/aromatic N) is 1. The number of piperidine rings is 1. The monoisotopic (exact) mass is 391 g/mol. The highest BCUT2D eigenvalue weighted by Crippen LogP contribution is 2.16. The molecule has 0 bridgehead atoms. The Morgan fingerprint density at radius 2 is 1.74 bits per heavy atom. The van der Waals surface area contributed by atoms with Crippen LogP contribution in [0.2, 0.25) is 0 Å². The number of aliphatic hydroxyl groups is 1. The number of esters is 2. The van der Waals surface area contributed by atoms with Crippen LogP contribution in [0, 0.1) is 0 Å². The van der Waals surface area contributed by atoms with Crippen molar-refractivity contribution in [1.82, 2.24) is 4.90 Å². The third kappa shape index (κ3) is 8.90. The van der Waals surface area contributed by atoms with Crippen molar-refractivity contribution in [1.29, 1.82) is 0 Å². The maximum atomic E-state index is 11.7. The Balaban J connectivity index is 0.000000309. The van der Waals surface area contributed by atoms with Crippen LogP contribution in [0.4, 0.5) is 23.7 Å². The normalized spacial score (nSPS) is 14.6. The van der Waals surface area contributed by atoms with E-state index >= 15 is 0 Å². The zero-order valence-corrected chi connectivity index (χ0v) is 14.2. The van der Waals surface area contributed by atoms with Crippen molar-refractivity contribution in [2.45, 2.75) is 25.1 Å². The van der Waals surface area contributed by atoms with Crippen LogP contribution in [0.1, 0.15) is 12.8 Å². The molecule has 2 rings (SSSR count). The molecular weight excluding hydrogens is 371 g/mol. The molecule has 0 spiro atoms. The van der Waals surface area contributed by atoms with Crippen molar-refractivity contribution < 1.29 is 37.4 Å². The predicted molar refractivity (Wildman–Crippen MR) is 88.5 cm³/mol. The Kier molecular flexibility index (Phi) is 8.52. The number of hydrogen-bond acceptors (Lipinski definition) is 6. The van der Waals surface area contributed by atoms with Gasteiger partial charge in [-0.05, 0) is 25.0 Å². The van der Waals surface area contributed by atoms with Crippen molar-refractivity contribution in [2.75, 3.05) is 25.0 Å². The van der Waals surface area contributed by atoms with E-state index in [2.05, 4.69) is 10.1 Å². The number of alkyl halides is 3. The molecule has 0 saturated carbocycles. The van der Waals surface area contributed by atoms with Gasteiger partial charge in [-0.3, -0.25) is 0 Å². The van der Waals surface area contributed by atoms with Crippen LogP contribution >= 0.6 is 0 Å². The number of aliphatic hydroxyl groups excluding tert-OH is 1. The number of carbonyl (C=O) groups is 3. The molecule has 8 nitrogen and oxygen atoms in total. The molecule has 1 aromatic rings. The zero-order valence-electron chi connectivity index (χ0n) is 14.2. The molecule has 1 aromatic carbocycles. The third-order valence-corrected chi connectivity index (χ3v) is 3.42. The van der Waals surface area contributed by atoms with E-state index in [0.717, 1.165) is 0 Å². The molecule has 0 unspecified atom stereocenters. The number of primary amides is 1. The van der Waals surface area contributed by atoms with E-state index in [9.17, 15) is 27.6 Å². The molecule has 150 valence electrons. The van der Waals surface area contributed by atoms with Gasteiger partial charge in [-0.2, -0.15) is 13.2 Å². The highest BCUT2D eigenvalue weighted by atomic mass is 19.4. The molecule has 1 fully saturated rings. The minimum atomic E-state index is -5.16. The number of likely N-dealkylation sites (tertiary alicyclic amines) is 1. The predicted octanol–water partition coefficient (Wildman–Crippen LogP) is 1.25. The SMILES string of the molecule is NC(=O)N1CCC(O)CC1.O=C(CNc1ccccc1)OC(=O)C(F)(F)F. The summed E-state index contributed by atoms with van der Waals surface area (Å²) in [4.78, 5) is 33.2. The number of para-hydroxylation sites is 1. The lowest BCUT2D eigenvalue weighted by atomic mass is 10.1. The van der Waals surface area contributed by atoms with Gasteiger partial charge in [-0.25, -0.2) is 14.4 Å². The molecule has 0 aromatic heterocycles. The average molecular weight is 391 g/mol. The summed E-state index contributed by atoms with van der Waals surface area (Å²) in [7, 11) is 0. The Hall–Kier alpha value is -2.82. The first-order valence-electron chi connectivity index (χ1n) is 7.92. The zero-order chi connectivity index (χ0) is 20.4. The highest BCUT2D eigenvalue weighted by molar-refractivity contribution is 5.90. The smallest absolute Gasteiger partial charge is 0.393 e. The lowest BCUT2D eigenvalue weighted by molar-refractivity contribution is -0.201. The van der Waals surface area contributed by atoms with E-state index in [1.165, 1.54) is 0 Å². The molecule has 4 N–H and O–H groups in total. The number of carbonyl (C=O) groups excluding carboxylic acids is 3. The fourth-order valence-electron chi connectivity index (χ4n) is 2.01. The minimum absolute atomic E-state index is 0.240. The number of ether oxygens (including phenoxy) is 1. The Morgan fingerprint density at radius 3 is 2.22 bits per heavy atom. The molecule has 0 aliphatic carbocycles. The van der Waals surface area contributed by atoms with Crippen molar-refractivity contribution >= 4 is 23.7 Å². The molecule has 0 radical (unpaired) electrons. The van der Waals surface area contributed by atoms with Gasteiger partial charge in [-0.15, -0.1) is 0 Å². The Bertz CT molecular complexity index is 632. The van der Waals surface area contributed by atoms with Gasteiger partial charge in [0.15, 0.2) is 0 Å². The van der Waals surface area contributed by atoms with Crippen LogP contribution < -0.4 is 11.1 Å². The fourth-order valence-corrected chi connectivity index (χ4v) is 2.01. The maximum absolute atomic E-state index is 11.7. The van der Waals surface area contributed by atoms with E-state index in [-0.39, 0.29) is 12.1 Å². The number of amides is 2. The topological polar surface area (TPSA) is 122 Å². The lowest BCUT2D eigenvalue weighted by Gasteiger charge is -2.27. The van der Waals surface area contributed by atoms with Crippen LogP contribution in [0.5, 0.6) is 0 Å². The standard InChI is InChI=1S/C10H8F3NO3.C6H12N2O2/c11-10(12,13)9(16)17-8(15)6-14-7-4-2-1-3-5-7;7-6(10)8-3-1-5(9)2-4-8/h1-5,14H,6H2;5,9H,1-4H2,(H2,7,10). The van der Waals surface area contributed by atoms with Crippen molar-refractivity contribution in [2.24, 2.45) is 5.73 Å². The van der Waals surface area contributed by atoms with E-state index in [1.807, 2.05) is 0 Å². The van der Waals surface area contributed by atoms with Gasteiger partial charge in [0.2, 0.25) is 0 Å². The number of halogens is 3. The first kappa shape index (κ1) is 22.2.